The molecule has 0 amide bonds. The number of benzene rings is 1. The fraction of sp³-hybridized carbons (Fsp3) is 0.333. The highest BCUT2D eigenvalue weighted by molar-refractivity contribution is 7.13. The third-order valence-electron chi connectivity index (χ3n) is 3.40. The summed E-state index contributed by atoms with van der Waals surface area (Å²) in [4.78, 5) is 0.146. The molecule has 1 heterocycles. The molecule has 0 fully saturated rings. The SMILES string of the molecule is Cc1cc(C)c(-c2cccs2)c(C(F)(C(F)(F)F)C(F)(F)F)c1. The molecule has 8 heteroatoms. The molecule has 2 aromatic rings. The van der Waals surface area contributed by atoms with Gasteiger partial charge in [0, 0.05) is 16.0 Å². The zero-order valence-electron chi connectivity index (χ0n) is 11.9. The molecular weight excluding hydrogens is 345 g/mol. The second-order valence-corrected chi connectivity index (χ2v) is 6.08. The first-order valence-corrected chi connectivity index (χ1v) is 7.25. The van der Waals surface area contributed by atoms with E-state index < -0.39 is 23.6 Å². The number of hydrogen-bond acceptors (Lipinski definition) is 1. The Kier molecular flexibility index (Phi) is 4.26. The fourth-order valence-electron chi connectivity index (χ4n) is 2.45. The highest BCUT2D eigenvalue weighted by Gasteiger charge is 2.74. The summed E-state index contributed by atoms with van der Waals surface area (Å²) in [5.74, 6) is 0. The summed E-state index contributed by atoms with van der Waals surface area (Å²) in [5, 5.41) is 1.50. The van der Waals surface area contributed by atoms with Gasteiger partial charge < -0.3 is 0 Å². The maximum absolute atomic E-state index is 14.5. The molecule has 0 aliphatic rings. The Bertz CT molecular complexity index is 682. The van der Waals surface area contributed by atoms with Crippen molar-refractivity contribution in [1.82, 2.24) is 0 Å². The molecule has 1 aromatic heterocycles. The number of rotatable bonds is 2. The number of thiophene rings is 1. The summed E-state index contributed by atoms with van der Waals surface area (Å²) in [6, 6.07) is 4.87. The quantitative estimate of drug-likeness (QED) is 0.552. The van der Waals surface area contributed by atoms with Gasteiger partial charge in [0.25, 0.3) is 0 Å². The number of alkyl halides is 7. The lowest BCUT2D eigenvalue weighted by atomic mass is 9.85. The smallest absolute Gasteiger partial charge is 0.218 e. The van der Waals surface area contributed by atoms with Gasteiger partial charge in [-0.05, 0) is 30.9 Å². The van der Waals surface area contributed by atoms with Gasteiger partial charge in [-0.15, -0.1) is 11.3 Å². The van der Waals surface area contributed by atoms with E-state index in [0.29, 0.717) is 6.07 Å². The summed E-state index contributed by atoms with van der Waals surface area (Å²) in [6.07, 6.45) is -12.3. The van der Waals surface area contributed by atoms with Gasteiger partial charge in [0.15, 0.2) is 0 Å². The normalized spacial score (nSPS) is 13.4. The maximum atomic E-state index is 14.5. The monoisotopic (exact) mass is 356 g/mol. The molecule has 0 saturated heterocycles. The van der Waals surface area contributed by atoms with Crippen LogP contribution in [0.1, 0.15) is 16.7 Å². The highest BCUT2D eigenvalue weighted by atomic mass is 32.1. The van der Waals surface area contributed by atoms with E-state index >= 15 is 0 Å². The Morgan fingerprint density at radius 3 is 1.87 bits per heavy atom. The summed E-state index contributed by atoms with van der Waals surface area (Å²) in [5.41, 5.74) is -6.96. The molecule has 0 aliphatic heterocycles. The van der Waals surface area contributed by atoms with Crippen LogP contribution in [0.2, 0.25) is 0 Å². The summed E-state index contributed by atoms with van der Waals surface area (Å²) >= 11 is 0.946. The van der Waals surface area contributed by atoms with Crippen molar-refractivity contribution < 1.29 is 30.7 Å². The molecule has 2 rings (SSSR count). The Labute approximate surface area is 131 Å². The molecule has 0 saturated carbocycles. The topological polar surface area (TPSA) is 0 Å². The van der Waals surface area contributed by atoms with E-state index in [2.05, 4.69) is 0 Å². The van der Waals surface area contributed by atoms with Crippen LogP contribution in [0.3, 0.4) is 0 Å². The Morgan fingerprint density at radius 1 is 0.870 bits per heavy atom. The van der Waals surface area contributed by atoms with Crippen molar-refractivity contribution >= 4 is 11.3 Å². The highest BCUT2D eigenvalue weighted by Crippen LogP contribution is 2.56. The van der Waals surface area contributed by atoms with E-state index in [-0.39, 0.29) is 21.6 Å². The van der Waals surface area contributed by atoms with Crippen LogP contribution in [0.5, 0.6) is 0 Å². The zero-order valence-corrected chi connectivity index (χ0v) is 12.8. The van der Waals surface area contributed by atoms with Crippen molar-refractivity contribution in [3.63, 3.8) is 0 Å². The second kappa shape index (κ2) is 5.51. The van der Waals surface area contributed by atoms with Crippen LogP contribution in [0.4, 0.5) is 30.7 Å². The molecule has 0 aliphatic carbocycles. The molecule has 0 atom stereocenters. The van der Waals surface area contributed by atoms with Crippen LogP contribution in [0.15, 0.2) is 29.6 Å². The van der Waals surface area contributed by atoms with Crippen LogP contribution in [0, 0.1) is 13.8 Å². The van der Waals surface area contributed by atoms with Crippen molar-refractivity contribution in [3.8, 4) is 10.4 Å². The lowest BCUT2D eigenvalue weighted by Gasteiger charge is -2.32. The first-order chi connectivity index (χ1) is 10.4. The van der Waals surface area contributed by atoms with Gasteiger partial charge in [0.2, 0.25) is 0 Å². The first kappa shape index (κ1) is 17.8. The third-order valence-corrected chi connectivity index (χ3v) is 4.29. The van der Waals surface area contributed by atoms with Gasteiger partial charge in [-0.1, -0.05) is 23.8 Å². The van der Waals surface area contributed by atoms with Crippen LogP contribution in [-0.4, -0.2) is 12.4 Å². The van der Waals surface area contributed by atoms with Crippen molar-refractivity contribution in [2.45, 2.75) is 31.9 Å². The Balaban J connectivity index is 2.90. The van der Waals surface area contributed by atoms with Crippen LogP contribution in [-0.2, 0) is 5.67 Å². The van der Waals surface area contributed by atoms with Crippen molar-refractivity contribution in [2.24, 2.45) is 0 Å². The minimum Gasteiger partial charge on any atom is -0.218 e. The molecule has 126 valence electrons. The summed E-state index contributed by atoms with van der Waals surface area (Å²) in [7, 11) is 0. The minimum absolute atomic E-state index is 0.119. The molecule has 23 heavy (non-hydrogen) atoms. The second-order valence-electron chi connectivity index (χ2n) is 5.14. The molecule has 0 N–H and O–H groups in total. The largest absolute Gasteiger partial charge is 0.435 e. The summed E-state index contributed by atoms with van der Waals surface area (Å²) in [6.45, 7) is 2.68. The number of aryl methyl sites for hydroxylation is 2. The van der Waals surface area contributed by atoms with Gasteiger partial charge in [-0.25, -0.2) is 4.39 Å². The molecule has 1 aromatic carbocycles. The maximum Gasteiger partial charge on any atom is 0.435 e. The van der Waals surface area contributed by atoms with E-state index in [9.17, 15) is 30.7 Å². The molecule has 0 spiro atoms. The van der Waals surface area contributed by atoms with Crippen molar-refractivity contribution in [3.05, 3.63) is 46.3 Å². The number of halogens is 7. The van der Waals surface area contributed by atoms with Crippen LogP contribution in [0.25, 0.3) is 10.4 Å². The molecule has 0 nitrogen and oxygen atoms in total. The Hall–Kier alpha value is -1.57. The van der Waals surface area contributed by atoms with Crippen LogP contribution >= 0.6 is 11.3 Å². The van der Waals surface area contributed by atoms with E-state index in [1.165, 1.54) is 37.4 Å². The van der Waals surface area contributed by atoms with Crippen LogP contribution < -0.4 is 0 Å². The zero-order chi connectivity index (χ0) is 17.6. The predicted octanol–water partition coefficient (Wildman–Crippen LogP) is 6.32. The minimum atomic E-state index is -6.13. The lowest BCUT2D eigenvalue weighted by Crippen LogP contribution is -2.50. The molecule has 0 bridgehead atoms. The van der Waals surface area contributed by atoms with Crippen molar-refractivity contribution in [1.29, 1.82) is 0 Å². The molecule has 0 radical (unpaired) electrons. The third kappa shape index (κ3) is 2.84. The Morgan fingerprint density at radius 2 is 1.43 bits per heavy atom. The van der Waals surface area contributed by atoms with Gasteiger partial charge >= 0.3 is 18.0 Å². The van der Waals surface area contributed by atoms with E-state index in [1.54, 1.807) is 0 Å². The number of hydrogen-bond donors (Lipinski definition) is 0. The fourth-order valence-corrected chi connectivity index (χ4v) is 3.30. The first-order valence-electron chi connectivity index (χ1n) is 6.37. The predicted molar refractivity (Wildman–Crippen MR) is 74.1 cm³/mol. The van der Waals surface area contributed by atoms with E-state index in [1.807, 2.05) is 0 Å². The van der Waals surface area contributed by atoms with Gasteiger partial charge in [0.1, 0.15) is 0 Å². The average Bonchev–Trinajstić information content (AvgIpc) is 2.87. The lowest BCUT2D eigenvalue weighted by molar-refractivity contribution is -0.348. The molecule has 0 unspecified atom stereocenters. The van der Waals surface area contributed by atoms with Crippen molar-refractivity contribution in [2.75, 3.05) is 0 Å². The molecular formula is C15H11F7S. The van der Waals surface area contributed by atoms with E-state index in [0.717, 1.165) is 11.3 Å². The summed E-state index contributed by atoms with van der Waals surface area (Å²) < 4.78 is 93.0. The standard InChI is InChI=1S/C15H11F7S/c1-8-6-9(2)12(11-4-3-5-23-11)10(7-8)13(16,14(17,18)19)15(20,21)22/h3-7H,1-2H3. The van der Waals surface area contributed by atoms with Gasteiger partial charge in [0.05, 0.1) is 0 Å². The van der Waals surface area contributed by atoms with Gasteiger partial charge in [-0.2, -0.15) is 26.3 Å². The average molecular weight is 356 g/mol. The van der Waals surface area contributed by atoms with Gasteiger partial charge in [-0.3, -0.25) is 0 Å². The van der Waals surface area contributed by atoms with E-state index in [4.69, 9.17) is 0 Å².